The third-order valence-electron chi connectivity index (χ3n) is 3.77. The van der Waals surface area contributed by atoms with Crippen LogP contribution in [0.2, 0.25) is 0 Å². The average Bonchev–Trinajstić information content (AvgIpc) is 2.89. The highest BCUT2D eigenvalue weighted by Crippen LogP contribution is 2.21. The van der Waals surface area contributed by atoms with Crippen LogP contribution in [0, 0.1) is 6.92 Å². The van der Waals surface area contributed by atoms with Gasteiger partial charge in [0, 0.05) is 24.8 Å². The largest absolute Gasteiger partial charge is 0.331 e. The van der Waals surface area contributed by atoms with Crippen molar-refractivity contribution in [3.63, 3.8) is 0 Å². The highest BCUT2D eigenvalue weighted by molar-refractivity contribution is 5.92. The molecular weight excluding hydrogens is 280 g/mol. The fraction of sp³-hybridized carbons (Fsp3) is 0.467. The van der Waals surface area contributed by atoms with Crippen LogP contribution in [0.4, 0.5) is 0 Å². The lowest BCUT2D eigenvalue weighted by molar-refractivity contribution is 0.0725. The number of nitrogens with zero attached hydrogens (tertiary/aromatic N) is 5. The van der Waals surface area contributed by atoms with Gasteiger partial charge in [-0.1, -0.05) is 0 Å². The molecule has 3 rings (SSSR count). The quantitative estimate of drug-likeness (QED) is 0.906. The summed E-state index contributed by atoms with van der Waals surface area (Å²) in [5.41, 5.74) is 4.54. The van der Waals surface area contributed by atoms with Crippen molar-refractivity contribution in [2.24, 2.45) is 0 Å². The van der Waals surface area contributed by atoms with Gasteiger partial charge in [0.25, 0.3) is 5.91 Å². The number of hydrogen-bond acceptors (Lipinski definition) is 5. The van der Waals surface area contributed by atoms with Crippen molar-refractivity contribution < 1.29 is 4.79 Å². The summed E-state index contributed by atoms with van der Waals surface area (Å²) in [7, 11) is 4.05. The molecule has 0 spiro atoms. The van der Waals surface area contributed by atoms with Gasteiger partial charge in [-0.25, -0.2) is 4.98 Å². The van der Waals surface area contributed by atoms with Gasteiger partial charge in [0.2, 0.25) is 0 Å². The first kappa shape index (κ1) is 14.6. The molecule has 0 atom stereocenters. The zero-order chi connectivity index (χ0) is 15.7. The molecule has 1 aliphatic heterocycles. The predicted octanol–water partition coefficient (Wildman–Crippen LogP) is 0.768. The fourth-order valence-corrected chi connectivity index (χ4v) is 2.66. The molecule has 1 amide bonds. The number of fused-ring (bicyclic) bond motifs is 1. The third kappa shape index (κ3) is 2.85. The summed E-state index contributed by atoms with van der Waals surface area (Å²) in [6.07, 6.45) is 3.98. The van der Waals surface area contributed by atoms with Crippen LogP contribution in [0.1, 0.15) is 33.1 Å². The number of aromatic amines is 1. The van der Waals surface area contributed by atoms with Crippen LogP contribution in [0.5, 0.6) is 0 Å². The van der Waals surface area contributed by atoms with Crippen LogP contribution < -0.4 is 0 Å². The maximum absolute atomic E-state index is 12.5. The molecule has 0 bridgehead atoms. The van der Waals surface area contributed by atoms with Crippen molar-refractivity contribution >= 4 is 5.91 Å². The predicted molar refractivity (Wildman–Crippen MR) is 81.2 cm³/mol. The van der Waals surface area contributed by atoms with Gasteiger partial charge in [0.15, 0.2) is 0 Å². The van der Waals surface area contributed by atoms with E-state index in [9.17, 15) is 4.79 Å². The van der Waals surface area contributed by atoms with Gasteiger partial charge >= 0.3 is 0 Å². The summed E-state index contributed by atoms with van der Waals surface area (Å²) >= 11 is 0. The van der Waals surface area contributed by atoms with Crippen molar-refractivity contribution in [1.82, 2.24) is 30.0 Å². The minimum Gasteiger partial charge on any atom is -0.331 e. The SMILES string of the molecule is Cc1cnc(C(=O)N2CCc3c(CN(C)C)n[nH]c3C2)cn1. The molecule has 2 aromatic heterocycles. The lowest BCUT2D eigenvalue weighted by Crippen LogP contribution is -2.36. The highest BCUT2D eigenvalue weighted by atomic mass is 16.2. The molecule has 0 saturated carbocycles. The topological polar surface area (TPSA) is 78.0 Å². The molecule has 0 aliphatic carbocycles. The van der Waals surface area contributed by atoms with Gasteiger partial charge in [-0.15, -0.1) is 0 Å². The van der Waals surface area contributed by atoms with Gasteiger partial charge in [0.05, 0.1) is 29.8 Å². The van der Waals surface area contributed by atoms with Crippen LogP contribution in [0.15, 0.2) is 12.4 Å². The summed E-state index contributed by atoms with van der Waals surface area (Å²) in [5.74, 6) is -0.0816. The molecule has 116 valence electrons. The Kier molecular flexibility index (Phi) is 3.89. The van der Waals surface area contributed by atoms with E-state index in [2.05, 4.69) is 25.1 Å². The van der Waals surface area contributed by atoms with Crippen LogP contribution in [-0.2, 0) is 19.5 Å². The second-order valence-electron chi connectivity index (χ2n) is 5.88. The number of H-pyrrole nitrogens is 1. The third-order valence-corrected chi connectivity index (χ3v) is 3.77. The van der Waals surface area contributed by atoms with Crippen molar-refractivity contribution in [3.8, 4) is 0 Å². The second-order valence-corrected chi connectivity index (χ2v) is 5.88. The van der Waals surface area contributed by atoms with E-state index >= 15 is 0 Å². The van der Waals surface area contributed by atoms with E-state index in [1.807, 2.05) is 21.0 Å². The van der Waals surface area contributed by atoms with Crippen molar-refractivity contribution in [1.29, 1.82) is 0 Å². The monoisotopic (exact) mass is 300 g/mol. The van der Waals surface area contributed by atoms with E-state index in [4.69, 9.17) is 0 Å². The molecule has 2 aromatic rings. The van der Waals surface area contributed by atoms with Crippen LogP contribution in [0.25, 0.3) is 0 Å². The first-order valence-corrected chi connectivity index (χ1v) is 7.32. The number of nitrogens with one attached hydrogen (secondary N) is 1. The normalized spacial score (nSPS) is 14.3. The number of carbonyl (C=O) groups excluding carboxylic acids is 1. The minimum atomic E-state index is -0.0816. The van der Waals surface area contributed by atoms with Gasteiger partial charge in [-0.2, -0.15) is 5.10 Å². The Balaban J connectivity index is 1.75. The van der Waals surface area contributed by atoms with Gasteiger partial charge in [-0.3, -0.25) is 14.9 Å². The molecule has 0 unspecified atom stereocenters. The van der Waals surface area contributed by atoms with E-state index in [-0.39, 0.29) is 5.91 Å². The molecule has 1 aliphatic rings. The van der Waals surface area contributed by atoms with Crippen molar-refractivity contribution in [3.05, 3.63) is 40.7 Å². The van der Waals surface area contributed by atoms with Gasteiger partial charge in [0.1, 0.15) is 5.69 Å². The summed E-state index contributed by atoms with van der Waals surface area (Å²) in [5, 5.41) is 7.45. The van der Waals surface area contributed by atoms with Crippen LogP contribution >= 0.6 is 0 Å². The second kappa shape index (κ2) is 5.84. The van der Waals surface area contributed by atoms with Gasteiger partial charge < -0.3 is 9.80 Å². The summed E-state index contributed by atoms with van der Waals surface area (Å²) < 4.78 is 0. The van der Waals surface area contributed by atoms with Gasteiger partial charge in [-0.05, 0) is 27.4 Å². The molecule has 0 saturated heterocycles. The Labute approximate surface area is 129 Å². The molecule has 7 heteroatoms. The maximum Gasteiger partial charge on any atom is 0.274 e. The Morgan fingerprint density at radius 1 is 1.36 bits per heavy atom. The molecule has 1 N–H and O–H groups in total. The number of carbonyl (C=O) groups is 1. The number of hydrogen-bond donors (Lipinski definition) is 1. The fourth-order valence-electron chi connectivity index (χ4n) is 2.66. The lowest BCUT2D eigenvalue weighted by Gasteiger charge is -2.26. The van der Waals surface area contributed by atoms with E-state index in [1.165, 1.54) is 11.8 Å². The summed E-state index contributed by atoms with van der Waals surface area (Å²) in [4.78, 5) is 24.7. The number of aromatic nitrogens is 4. The standard InChI is InChI=1S/C15H20N6O/c1-10-6-17-12(7-16-10)15(22)21-5-4-11-13(8-20(2)3)18-19-14(11)9-21/h6-7H,4-5,8-9H2,1-3H3,(H,18,19). The first-order valence-electron chi connectivity index (χ1n) is 7.32. The molecule has 22 heavy (non-hydrogen) atoms. The number of rotatable bonds is 3. The molecule has 3 heterocycles. The lowest BCUT2D eigenvalue weighted by atomic mass is 10.0. The molecule has 0 fully saturated rings. The zero-order valence-electron chi connectivity index (χ0n) is 13.1. The van der Waals surface area contributed by atoms with Crippen molar-refractivity contribution in [2.75, 3.05) is 20.6 Å². The Bertz CT molecular complexity index is 676. The van der Waals surface area contributed by atoms with Crippen LogP contribution in [0.3, 0.4) is 0 Å². The maximum atomic E-state index is 12.5. The molecular formula is C15H20N6O. The van der Waals surface area contributed by atoms with E-state index in [0.717, 1.165) is 30.0 Å². The molecule has 7 nitrogen and oxygen atoms in total. The average molecular weight is 300 g/mol. The van der Waals surface area contributed by atoms with Crippen LogP contribution in [-0.4, -0.2) is 56.5 Å². The number of amides is 1. The highest BCUT2D eigenvalue weighted by Gasteiger charge is 2.26. The molecule has 0 radical (unpaired) electrons. The number of aryl methyl sites for hydroxylation is 1. The summed E-state index contributed by atoms with van der Waals surface area (Å²) in [6.45, 7) is 3.89. The first-order chi connectivity index (χ1) is 10.5. The van der Waals surface area contributed by atoms with E-state index < -0.39 is 0 Å². The Morgan fingerprint density at radius 2 is 2.18 bits per heavy atom. The molecule has 0 aromatic carbocycles. The van der Waals surface area contributed by atoms with E-state index in [1.54, 1.807) is 11.1 Å². The Hall–Kier alpha value is -2.28. The zero-order valence-corrected chi connectivity index (χ0v) is 13.1. The Morgan fingerprint density at radius 3 is 2.86 bits per heavy atom. The minimum absolute atomic E-state index is 0.0816. The van der Waals surface area contributed by atoms with E-state index in [0.29, 0.717) is 18.8 Å². The smallest absolute Gasteiger partial charge is 0.274 e. The van der Waals surface area contributed by atoms with Crippen molar-refractivity contribution in [2.45, 2.75) is 26.4 Å². The summed E-state index contributed by atoms with van der Waals surface area (Å²) in [6, 6.07) is 0.